The van der Waals surface area contributed by atoms with Crippen LogP contribution >= 0.6 is 0 Å². The van der Waals surface area contributed by atoms with Crippen LogP contribution in [0.25, 0.3) is 0 Å². The highest BCUT2D eigenvalue weighted by Gasteiger charge is 2.86. The summed E-state index contributed by atoms with van der Waals surface area (Å²) in [4.78, 5) is 0. The molecule has 0 aliphatic heterocycles. The van der Waals surface area contributed by atoms with Gasteiger partial charge >= 0.3 is 38.4 Å². The van der Waals surface area contributed by atoms with Gasteiger partial charge in [0.05, 0.1) is 0 Å². The van der Waals surface area contributed by atoms with Gasteiger partial charge in [-0.05, 0) is 19.0 Å². The lowest BCUT2D eigenvalue weighted by atomic mass is 9.95. The molecule has 0 spiro atoms. The standard InChI is InChI=1S/C11H15F11O2Si/c1-23-25(3,24-2)6-4-5-7(12,13)8(14,15)9(16,17)10(18,19)11(20,21)22/h4-6H2,1-3H3. The smallest absolute Gasteiger partial charge is 0.398 e. The van der Waals surface area contributed by atoms with E-state index < -0.39 is 57.3 Å². The van der Waals surface area contributed by atoms with Gasteiger partial charge in [-0.1, -0.05) is 0 Å². The first-order valence-corrected chi connectivity index (χ1v) is 9.03. The highest BCUT2D eigenvalue weighted by Crippen LogP contribution is 2.58. The van der Waals surface area contributed by atoms with Gasteiger partial charge in [0.2, 0.25) is 0 Å². The van der Waals surface area contributed by atoms with E-state index in [9.17, 15) is 48.3 Å². The van der Waals surface area contributed by atoms with Crippen molar-refractivity contribution in [3.8, 4) is 0 Å². The fourth-order valence-corrected chi connectivity index (χ4v) is 3.07. The second-order valence-corrected chi connectivity index (χ2v) is 8.91. The molecule has 152 valence electrons. The Morgan fingerprint density at radius 3 is 1.40 bits per heavy atom. The van der Waals surface area contributed by atoms with Gasteiger partial charge in [0, 0.05) is 20.6 Å². The summed E-state index contributed by atoms with van der Waals surface area (Å²) >= 11 is 0. The van der Waals surface area contributed by atoms with Gasteiger partial charge in [0.1, 0.15) is 0 Å². The molecule has 0 saturated heterocycles. The van der Waals surface area contributed by atoms with Crippen molar-refractivity contribution in [1.29, 1.82) is 0 Å². The number of alkyl halides is 11. The molecular weight excluding hydrogens is 401 g/mol. The quantitative estimate of drug-likeness (QED) is 0.378. The molecule has 0 aromatic rings. The van der Waals surface area contributed by atoms with Crippen LogP contribution in [0, 0.1) is 0 Å². The predicted molar refractivity (Wildman–Crippen MR) is 65.5 cm³/mol. The third kappa shape index (κ3) is 4.38. The predicted octanol–water partition coefficient (Wildman–Crippen LogP) is 5.23. The van der Waals surface area contributed by atoms with Crippen molar-refractivity contribution >= 4 is 8.56 Å². The summed E-state index contributed by atoms with van der Waals surface area (Å²) in [6.07, 6.45) is -10.1. The van der Waals surface area contributed by atoms with Crippen LogP contribution in [-0.4, -0.2) is 52.6 Å². The molecule has 0 aromatic carbocycles. The number of hydrogen-bond acceptors (Lipinski definition) is 2. The largest absolute Gasteiger partial charge is 0.460 e. The summed E-state index contributed by atoms with van der Waals surface area (Å²) in [6.45, 7) is 1.32. The van der Waals surface area contributed by atoms with E-state index in [1.165, 1.54) is 6.55 Å². The van der Waals surface area contributed by atoms with E-state index in [2.05, 4.69) is 0 Å². The van der Waals surface area contributed by atoms with Crippen LogP contribution in [-0.2, 0) is 8.85 Å². The minimum Gasteiger partial charge on any atom is -0.398 e. The second-order valence-electron chi connectivity index (χ2n) is 5.32. The van der Waals surface area contributed by atoms with Crippen LogP contribution in [0.5, 0.6) is 0 Å². The lowest BCUT2D eigenvalue weighted by Crippen LogP contribution is -2.66. The van der Waals surface area contributed by atoms with Crippen molar-refractivity contribution in [2.24, 2.45) is 0 Å². The molecule has 0 bridgehead atoms. The molecule has 14 heteroatoms. The molecule has 0 unspecified atom stereocenters. The molecule has 2 nitrogen and oxygen atoms in total. The maximum atomic E-state index is 13.4. The molecule has 0 amide bonds. The van der Waals surface area contributed by atoms with Gasteiger partial charge in [-0.15, -0.1) is 0 Å². The van der Waals surface area contributed by atoms with Gasteiger partial charge in [0.15, 0.2) is 0 Å². The van der Waals surface area contributed by atoms with Gasteiger partial charge in [-0.25, -0.2) is 0 Å². The summed E-state index contributed by atoms with van der Waals surface area (Å²) in [5, 5.41) is 0. The molecule has 0 aliphatic rings. The van der Waals surface area contributed by atoms with Crippen LogP contribution in [0.1, 0.15) is 12.8 Å². The monoisotopic (exact) mass is 416 g/mol. The number of rotatable bonds is 9. The summed E-state index contributed by atoms with van der Waals surface area (Å²) in [7, 11) is -0.839. The van der Waals surface area contributed by atoms with E-state index in [0.29, 0.717) is 0 Å². The summed E-state index contributed by atoms with van der Waals surface area (Å²) in [5.41, 5.74) is 0. The summed E-state index contributed by atoms with van der Waals surface area (Å²) < 4.78 is 150. The normalized spacial score (nSPS) is 15.6. The van der Waals surface area contributed by atoms with Crippen LogP contribution in [0.4, 0.5) is 48.3 Å². The highest BCUT2D eigenvalue weighted by atomic mass is 28.4. The van der Waals surface area contributed by atoms with Crippen LogP contribution in [0.3, 0.4) is 0 Å². The zero-order valence-electron chi connectivity index (χ0n) is 13.1. The number of halogens is 11. The first-order chi connectivity index (χ1) is 10.8. The average molecular weight is 416 g/mol. The van der Waals surface area contributed by atoms with Crippen LogP contribution in [0.15, 0.2) is 0 Å². The Bertz CT molecular complexity index is 446. The van der Waals surface area contributed by atoms with Crippen molar-refractivity contribution in [3.05, 3.63) is 0 Å². The van der Waals surface area contributed by atoms with Gasteiger partial charge in [0.25, 0.3) is 0 Å². The van der Waals surface area contributed by atoms with Gasteiger partial charge in [-0.2, -0.15) is 48.3 Å². The maximum absolute atomic E-state index is 13.4. The van der Waals surface area contributed by atoms with E-state index in [1.54, 1.807) is 0 Å². The molecule has 0 atom stereocenters. The highest BCUT2D eigenvalue weighted by molar-refractivity contribution is 6.65. The van der Waals surface area contributed by atoms with Gasteiger partial charge < -0.3 is 8.85 Å². The molecule has 0 rings (SSSR count). The Morgan fingerprint density at radius 2 is 1.08 bits per heavy atom. The second kappa shape index (κ2) is 7.17. The minimum atomic E-state index is -7.36. The van der Waals surface area contributed by atoms with Crippen molar-refractivity contribution in [3.63, 3.8) is 0 Å². The Kier molecular flexibility index (Phi) is 6.99. The number of hydrogen-bond donors (Lipinski definition) is 0. The molecule has 0 N–H and O–H groups in total. The summed E-state index contributed by atoms with van der Waals surface area (Å²) in [5.74, 6) is -27.5. The molecule has 0 heterocycles. The third-order valence-electron chi connectivity index (χ3n) is 3.59. The van der Waals surface area contributed by atoms with Crippen LogP contribution < -0.4 is 0 Å². The van der Waals surface area contributed by atoms with E-state index >= 15 is 0 Å². The lowest BCUT2D eigenvalue weighted by molar-refractivity contribution is -0.422. The molecule has 25 heavy (non-hydrogen) atoms. The topological polar surface area (TPSA) is 18.5 Å². The van der Waals surface area contributed by atoms with E-state index in [-0.39, 0.29) is 0 Å². The van der Waals surface area contributed by atoms with Crippen molar-refractivity contribution < 1.29 is 57.1 Å². The third-order valence-corrected chi connectivity index (χ3v) is 6.58. The Balaban J connectivity index is 5.46. The Labute approximate surface area is 136 Å². The summed E-state index contributed by atoms with van der Waals surface area (Å²) in [6, 6.07) is -0.410. The van der Waals surface area contributed by atoms with Gasteiger partial charge in [-0.3, -0.25) is 0 Å². The lowest BCUT2D eigenvalue weighted by Gasteiger charge is -2.37. The maximum Gasteiger partial charge on any atom is 0.460 e. The van der Waals surface area contributed by atoms with E-state index in [4.69, 9.17) is 8.85 Å². The molecule has 0 fully saturated rings. The van der Waals surface area contributed by atoms with Crippen LogP contribution in [0.2, 0.25) is 12.6 Å². The van der Waals surface area contributed by atoms with Crippen molar-refractivity contribution in [1.82, 2.24) is 0 Å². The molecule has 0 radical (unpaired) electrons. The minimum absolute atomic E-state index is 0.410. The molecule has 0 aliphatic carbocycles. The fraction of sp³-hybridized carbons (Fsp3) is 1.00. The Hall–Kier alpha value is -0.633. The zero-order valence-corrected chi connectivity index (χ0v) is 14.1. The molecule has 0 aromatic heterocycles. The first kappa shape index (κ1) is 24.4. The molecular formula is C11H15F11O2Si. The van der Waals surface area contributed by atoms with E-state index in [1.807, 2.05) is 0 Å². The fourth-order valence-electron chi connectivity index (χ4n) is 1.68. The van der Waals surface area contributed by atoms with E-state index in [0.717, 1.165) is 14.2 Å². The zero-order chi connectivity index (χ0) is 20.5. The van der Waals surface area contributed by atoms with Crippen molar-refractivity contribution in [2.75, 3.05) is 14.2 Å². The average Bonchev–Trinajstić information content (AvgIpc) is 2.44. The SMILES string of the molecule is CO[Si](C)(CCCC(F)(F)C(F)(F)C(F)(F)C(F)(F)C(F)(F)F)OC. The Morgan fingerprint density at radius 1 is 0.680 bits per heavy atom. The molecule has 0 saturated carbocycles. The first-order valence-electron chi connectivity index (χ1n) is 6.51. The van der Waals surface area contributed by atoms with Crippen molar-refractivity contribution in [2.45, 2.75) is 55.3 Å².